The predicted molar refractivity (Wildman–Crippen MR) is 74.2 cm³/mol. The molecule has 0 spiro atoms. The molecule has 0 radical (unpaired) electrons. The smallest absolute Gasteiger partial charge is 0.338 e. The van der Waals surface area contributed by atoms with E-state index in [1.165, 1.54) is 12.1 Å². The van der Waals surface area contributed by atoms with Crippen LogP contribution in [0.3, 0.4) is 0 Å². The number of carbonyl (C=O) groups is 1. The monoisotopic (exact) mass is 270 g/mol. The van der Waals surface area contributed by atoms with Crippen LogP contribution in [0, 0.1) is 5.21 Å². The minimum Gasteiger partial charge on any atom is -0.594 e. The van der Waals surface area contributed by atoms with Crippen LogP contribution >= 0.6 is 0 Å². The second kappa shape index (κ2) is 6.47. The normalized spacial score (nSPS) is 11.2. The Hall–Kier alpha value is -2.69. The van der Waals surface area contributed by atoms with Gasteiger partial charge < -0.3 is 9.94 Å². The number of carbonyl (C=O) groups excluding carboxylic acids is 1. The molecule has 102 valence electrons. The summed E-state index contributed by atoms with van der Waals surface area (Å²) < 4.78 is 4.87. The van der Waals surface area contributed by atoms with Crippen LogP contribution in [0.25, 0.3) is 0 Å². The van der Waals surface area contributed by atoms with Crippen molar-refractivity contribution in [1.82, 2.24) is 0 Å². The van der Waals surface area contributed by atoms with Crippen LogP contribution in [0.5, 0.6) is 0 Å². The molecule has 0 atom stereocenters. The highest BCUT2D eigenvalue weighted by Crippen LogP contribution is 2.17. The van der Waals surface area contributed by atoms with E-state index in [4.69, 9.17) is 4.74 Å². The fraction of sp³-hybridized carbons (Fsp3) is 0.133. The zero-order valence-corrected chi connectivity index (χ0v) is 11.0. The first-order valence-electron chi connectivity index (χ1n) is 6.22. The van der Waals surface area contributed by atoms with Gasteiger partial charge in [-0.1, -0.05) is 23.1 Å². The van der Waals surface area contributed by atoms with Crippen molar-refractivity contribution in [3.05, 3.63) is 65.4 Å². The molecule has 0 aliphatic rings. The Morgan fingerprint density at radius 3 is 2.40 bits per heavy atom. The summed E-state index contributed by atoms with van der Waals surface area (Å²) in [6.07, 6.45) is 0. The lowest BCUT2D eigenvalue weighted by molar-refractivity contribution is -0.435. The summed E-state index contributed by atoms with van der Waals surface area (Å²) in [6.45, 7) is 2.06. The summed E-state index contributed by atoms with van der Waals surface area (Å²) in [6, 6.07) is 15.1. The summed E-state index contributed by atoms with van der Waals surface area (Å²) in [4.78, 5) is 12.0. The molecule has 0 bridgehead atoms. The van der Waals surface area contributed by atoms with Crippen LogP contribution in [0.2, 0.25) is 0 Å². The van der Waals surface area contributed by atoms with E-state index in [1.807, 2.05) is 6.07 Å². The first kappa shape index (κ1) is 13.7. The van der Waals surface area contributed by atoms with Crippen LogP contribution in [-0.4, -0.2) is 17.4 Å². The molecule has 2 rings (SSSR count). The zero-order valence-electron chi connectivity index (χ0n) is 11.0. The van der Waals surface area contributed by atoms with Crippen molar-refractivity contribution in [2.75, 3.05) is 6.61 Å². The Balaban J connectivity index is 2.17. The zero-order chi connectivity index (χ0) is 14.4. The van der Waals surface area contributed by atoms with E-state index in [9.17, 15) is 10.0 Å². The molecule has 0 N–H and O–H groups in total. The van der Waals surface area contributed by atoms with Gasteiger partial charge in [-0.3, -0.25) is 0 Å². The van der Waals surface area contributed by atoms with Crippen LogP contribution < -0.4 is 0 Å². The number of hydrogen-bond acceptors (Lipinski definition) is 4. The molecule has 0 aromatic heterocycles. The fourth-order valence-electron chi connectivity index (χ4n) is 1.60. The Labute approximate surface area is 116 Å². The molecule has 2 aromatic rings. The lowest BCUT2D eigenvalue weighted by Crippen LogP contribution is -2.04. The molecule has 0 unspecified atom stereocenters. The van der Waals surface area contributed by atoms with Gasteiger partial charge in [-0.2, -0.15) is 0 Å². The van der Waals surface area contributed by atoms with Gasteiger partial charge in [0.1, 0.15) is 5.69 Å². The van der Waals surface area contributed by atoms with E-state index in [-0.39, 0.29) is 0 Å². The molecule has 0 aliphatic heterocycles. The van der Waals surface area contributed by atoms with E-state index >= 15 is 0 Å². The Kier molecular flexibility index (Phi) is 4.44. The van der Waals surface area contributed by atoms with Crippen molar-refractivity contribution in [1.29, 1.82) is 0 Å². The Morgan fingerprint density at radius 2 is 1.80 bits per heavy atom. The van der Waals surface area contributed by atoms with E-state index in [0.29, 0.717) is 28.4 Å². The van der Waals surface area contributed by atoms with Crippen molar-refractivity contribution in [3.8, 4) is 0 Å². The van der Waals surface area contributed by atoms with Crippen molar-refractivity contribution in [3.63, 3.8) is 0 Å². The number of nitrogens with zero attached hydrogens (tertiary/aromatic N) is 2. The van der Waals surface area contributed by atoms with Crippen LogP contribution in [0.4, 0.5) is 11.4 Å². The Bertz CT molecular complexity index is 607. The SMILES string of the molecule is CCOC(=O)c1ccc([N+]([O-])=Nc2ccccc2)cc1. The van der Waals surface area contributed by atoms with Crippen LogP contribution in [0.1, 0.15) is 17.3 Å². The first-order valence-corrected chi connectivity index (χ1v) is 6.22. The highest BCUT2D eigenvalue weighted by Gasteiger charge is 2.09. The third kappa shape index (κ3) is 3.41. The van der Waals surface area contributed by atoms with E-state index < -0.39 is 5.97 Å². The average Bonchev–Trinajstić information content (AvgIpc) is 2.48. The van der Waals surface area contributed by atoms with Gasteiger partial charge >= 0.3 is 5.97 Å². The van der Waals surface area contributed by atoms with Gasteiger partial charge in [0.15, 0.2) is 0 Å². The van der Waals surface area contributed by atoms with Gasteiger partial charge in [0, 0.05) is 17.2 Å². The van der Waals surface area contributed by atoms with Crippen molar-refractivity contribution in [2.45, 2.75) is 6.92 Å². The van der Waals surface area contributed by atoms with Gasteiger partial charge in [-0.05, 0) is 31.2 Å². The molecule has 0 saturated heterocycles. The molecule has 2 aromatic carbocycles. The summed E-state index contributed by atoms with van der Waals surface area (Å²) in [5, 5.41) is 15.8. The molecule has 0 heterocycles. The largest absolute Gasteiger partial charge is 0.594 e. The maximum Gasteiger partial charge on any atom is 0.338 e. The third-order valence-electron chi connectivity index (χ3n) is 2.56. The highest BCUT2D eigenvalue weighted by atomic mass is 16.5. The maximum absolute atomic E-state index is 11.9. The van der Waals surface area contributed by atoms with Gasteiger partial charge in [0.05, 0.1) is 12.2 Å². The lowest BCUT2D eigenvalue weighted by Gasteiger charge is -2.02. The summed E-state index contributed by atoms with van der Waals surface area (Å²) in [7, 11) is 0. The van der Waals surface area contributed by atoms with Gasteiger partial charge in [0.2, 0.25) is 5.69 Å². The maximum atomic E-state index is 11.9. The molecule has 20 heavy (non-hydrogen) atoms. The molecule has 5 nitrogen and oxygen atoms in total. The molecular weight excluding hydrogens is 256 g/mol. The highest BCUT2D eigenvalue weighted by molar-refractivity contribution is 5.89. The Morgan fingerprint density at radius 1 is 1.15 bits per heavy atom. The van der Waals surface area contributed by atoms with Crippen molar-refractivity contribution < 1.29 is 14.4 Å². The third-order valence-corrected chi connectivity index (χ3v) is 2.56. The van der Waals surface area contributed by atoms with Gasteiger partial charge in [-0.15, -0.1) is 0 Å². The number of esters is 1. The second-order valence-electron chi connectivity index (χ2n) is 3.98. The van der Waals surface area contributed by atoms with Gasteiger partial charge in [-0.25, -0.2) is 4.79 Å². The molecule has 5 heteroatoms. The second-order valence-corrected chi connectivity index (χ2v) is 3.98. The van der Waals surface area contributed by atoms with Crippen LogP contribution in [-0.2, 0) is 4.74 Å². The molecule has 0 aliphatic carbocycles. The topological polar surface area (TPSA) is 64.7 Å². The summed E-state index contributed by atoms with van der Waals surface area (Å²) in [5.74, 6) is -0.406. The van der Waals surface area contributed by atoms with Crippen LogP contribution in [0.15, 0.2) is 59.7 Å². The minimum atomic E-state index is -0.406. The lowest BCUT2D eigenvalue weighted by atomic mass is 10.2. The summed E-state index contributed by atoms with van der Waals surface area (Å²) in [5.41, 5.74) is 1.32. The predicted octanol–water partition coefficient (Wildman–Crippen LogP) is 3.79. The van der Waals surface area contributed by atoms with Crippen molar-refractivity contribution in [2.24, 2.45) is 5.11 Å². The standard InChI is InChI=1S/C15H14N2O3/c1-2-20-15(18)12-8-10-14(11-9-12)17(19)16-13-6-4-3-5-7-13/h3-11H,2H2,1H3. The van der Waals surface area contributed by atoms with Gasteiger partial charge in [0.25, 0.3) is 0 Å². The first-order chi connectivity index (χ1) is 9.70. The number of ether oxygens (including phenoxy) is 1. The molecule has 0 saturated carbocycles. The quantitative estimate of drug-likeness (QED) is 0.367. The molecule has 0 amide bonds. The molecular formula is C15H14N2O3. The van der Waals surface area contributed by atoms with E-state index in [0.717, 1.165) is 0 Å². The van der Waals surface area contributed by atoms with Crippen molar-refractivity contribution >= 4 is 17.3 Å². The van der Waals surface area contributed by atoms with E-state index in [1.54, 1.807) is 43.3 Å². The van der Waals surface area contributed by atoms with E-state index in [2.05, 4.69) is 5.11 Å². The minimum absolute atomic E-state index is 0.317. The fourth-order valence-corrected chi connectivity index (χ4v) is 1.60. The number of azo groups is 1. The number of rotatable bonds is 4. The average molecular weight is 270 g/mol. The number of benzene rings is 2. The number of hydrogen-bond donors (Lipinski definition) is 0. The molecule has 0 fully saturated rings. The summed E-state index contributed by atoms with van der Waals surface area (Å²) >= 11 is 0.